The van der Waals surface area contributed by atoms with E-state index in [1.807, 2.05) is 0 Å². The quantitative estimate of drug-likeness (QED) is 0.899. The number of hydrogen-bond acceptors (Lipinski definition) is 2. The van der Waals surface area contributed by atoms with E-state index in [2.05, 4.69) is 15.9 Å². The maximum atomic E-state index is 12.9. The Hall–Kier alpha value is -0.610. The number of aliphatic hydroxyl groups is 1. The molecule has 4 heteroatoms. The standard InChI is InChI=1S/C11H12BrFO2/c12-10-4-1-7(13)5-11(10)15-9-3-2-8(14)6-9/h1,4-5,8-9,14H,2-3,6H2. The molecule has 2 atom stereocenters. The molecule has 1 saturated carbocycles. The summed E-state index contributed by atoms with van der Waals surface area (Å²) < 4.78 is 19.3. The minimum Gasteiger partial charge on any atom is -0.489 e. The van der Waals surface area contributed by atoms with Crippen molar-refractivity contribution < 1.29 is 14.2 Å². The van der Waals surface area contributed by atoms with Gasteiger partial charge in [-0.3, -0.25) is 0 Å². The summed E-state index contributed by atoms with van der Waals surface area (Å²) in [5.74, 6) is 0.195. The maximum absolute atomic E-state index is 12.9. The second-order valence-corrected chi connectivity index (χ2v) is 4.64. The number of rotatable bonds is 2. The van der Waals surface area contributed by atoms with E-state index in [0.29, 0.717) is 12.2 Å². The van der Waals surface area contributed by atoms with Gasteiger partial charge >= 0.3 is 0 Å². The molecule has 2 nitrogen and oxygen atoms in total. The summed E-state index contributed by atoms with van der Waals surface area (Å²) in [6.45, 7) is 0. The van der Waals surface area contributed by atoms with Crippen molar-refractivity contribution in [2.45, 2.75) is 31.5 Å². The van der Waals surface area contributed by atoms with Gasteiger partial charge in [-0.05, 0) is 40.9 Å². The minimum absolute atomic E-state index is 0.00176. The predicted octanol–water partition coefficient (Wildman–Crippen LogP) is 2.88. The van der Waals surface area contributed by atoms with Crippen molar-refractivity contribution in [2.24, 2.45) is 0 Å². The third kappa shape index (κ3) is 2.69. The molecule has 1 aliphatic carbocycles. The highest BCUT2D eigenvalue weighted by atomic mass is 79.9. The molecule has 1 aromatic rings. The summed E-state index contributed by atoms with van der Waals surface area (Å²) >= 11 is 3.30. The molecule has 0 radical (unpaired) electrons. The van der Waals surface area contributed by atoms with Crippen molar-refractivity contribution in [1.82, 2.24) is 0 Å². The fraction of sp³-hybridized carbons (Fsp3) is 0.455. The van der Waals surface area contributed by atoms with E-state index in [1.165, 1.54) is 12.1 Å². The van der Waals surface area contributed by atoms with Crippen LogP contribution in [0.15, 0.2) is 22.7 Å². The van der Waals surface area contributed by atoms with Crippen LogP contribution in [0.25, 0.3) is 0 Å². The average Bonchev–Trinajstić information content (AvgIpc) is 2.58. The lowest BCUT2D eigenvalue weighted by Crippen LogP contribution is -2.13. The molecule has 0 heterocycles. The third-order valence-electron chi connectivity index (χ3n) is 2.54. The van der Waals surface area contributed by atoms with Gasteiger partial charge in [-0.25, -0.2) is 4.39 Å². The lowest BCUT2D eigenvalue weighted by molar-refractivity contribution is 0.149. The van der Waals surface area contributed by atoms with Gasteiger partial charge in [0.1, 0.15) is 17.7 Å². The third-order valence-corrected chi connectivity index (χ3v) is 3.20. The van der Waals surface area contributed by atoms with Crippen LogP contribution in [0.4, 0.5) is 4.39 Å². The van der Waals surface area contributed by atoms with E-state index in [0.717, 1.165) is 17.3 Å². The summed E-state index contributed by atoms with van der Waals surface area (Å²) in [4.78, 5) is 0. The molecule has 0 aliphatic heterocycles. The highest BCUT2D eigenvalue weighted by Crippen LogP contribution is 2.30. The van der Waals surface area contributed by atoms with Gasteiger partial charge in [0.2, 0.25) is 0 Å². The molecule has 82 valence electrons. The molecule has 1 aliphatic rings. The van der Waals surface area contributed by atoms with Crippen LogP contribution in [0, 0.1) is 5.82 Å². The molecule has 0 spiro atoms. The highest BCUT2D eigenvalue weighted by Gasteiger charge is 2.24. The van der Waals surface area contributed by atoms with Crippen molar-refractivity contribution in [3.05, 3.63) is 28.5 Å². The van der Waals surface area contributed by atoms with Gasteiger partial charge in [0.05, 0.1) is 10.6 Å². The molecule has 15 heavy (non-hydrogen) atoms. The smallest absolute Gasteiger partial charge is 0.136 e. The van der Waals surface area contributed by atoms with Crippen LogP contribution in [0.5, 0.6) is 5.75 Å². The zero-order chi connectivity index (χ0) is 10.8. The number of ether oxygens (including phenoxy) is 1. The van der Waals surface area contributed by atoms with Gasteiger partial charge in [0.15, 0.2) is 0 Å². The van der Waals surface area contributed by atoms with Crippen LogP contribution in [0.1, 0.15) is 19.3 Å². The lowest BCUT2D eigenvalue weighted by atomic mass is 10.3. The Balaban J connectivity index is 2.07. The van der Waals surface area contributed by atoms with Gasteiger partial charge in [-0.15, -0.1) is 0 Å². The number of benzene rings is 1. The molecule has 1 N–H and O–H groups in total. The Morgan fingerprint density at radius 2 is 2.20 bits per heavy atom. The van der Waals surface area contributed by atoms with Crippen LogP contribution < -0.4 is 4.74 Å². The SMILES string of the molecule is OC1CCC(Oc2cc(F)ccc2Br)C1. The van der Waals surface area contributed by atoms with Crippen molar-refractivity contribution in [1.29, 1.82) is 0 Å². The van der Waals surface area contributed by atoms with Crippen molar-refractivity contribution in [2.75, 3.05) is 0 Å². The number of hydrogen-bond donors (Lipinski definition) is 1. The van der Waals surface area contributed by atoms with Crippen molar-refractivity contribution in [3.63, 3.8) is 0 Å². The Kier molecular flexibility index (Phi) is 3.26. The highest BCUT2D eigenvalue weighted by molar-refractivity contribution is 9.10. The first-order chi connectivity index (χ1) is 7.15. The first-order valence-corrected chi connectivity index (χ1v) is 5.74. The second-order valence-electron chi connectivity index (χ2n) is 3.78. The number of aliphatic hydroxyl groups excluding tert-OH is 1. The topological polar surface area (TPSA) is 29.5 Å². The Morgan fingerprint density at radius 1 is 1.40 bits per heavy atom. The number of halogens is 2. The molecular weight excluding hydrogens is 263 g/mol. The van der Waals surface area contributed by atoms with Gasteiger partial charge in [0.25, 0.3) is 0 Å². The lowest BCUT2D eigenvalue weighted by Gasteiger charge is -2.14. The molecule has 0 bridgehead atoms. The zero-order valence-corrected chi connectivity index (χ0v) is 9.71. The fourth-order valence-electron chi connectivity index (χ4n) is 1.77. The first-order valence-electron chi connectivity index (χ1n) is 4.95. The Morgan fingerprint density at radius 3 is 2.87 bits per heavy atom. The largest absolute Gasteiger partial charge is 0.489 e. The molecular formula is C11H12BrFO2. The first kappa shape index (κ1) is 10.9. The van der Waals surface area contributed by atoms with E-state index >= 15 is 0 Å². The molecule has 2 rings (SSSR count). The summed E-state index contributed by atoms with van der Waals surface area (Å²) in [5, 5.41) is 9.34. The van der Waals surface area contributed by atoms with E-state index in [4.69, 9.17) is 4.74 Å². The molecule has 1 aromatic carbocycles. The van der Waals surface area contributed by atoms with Crippen molar-refractivity contribution in [3.8, 4) is 5.75 Å². The van der Waals surface area contributed by atoms with Crippen LogP contribution >= 0.6 is 15.9 Å². The molecule has 2 unspecified atom stereocenters. The summed E-state index contributed by atoms with van der Waals surface area (Å²) in [7, 11) is 0. The van der Waals surface area contributed by atoms with Gasteiger partial charge in [-0.2, -0.15) is 0 Å². The van der Waals surface area contributed by atoms with Crippen LogP contribution in [-0.4, -0.2) is 17.3 Å². The van der Waals surface area contributed by atoms with Crippen LogP contribution in [0.2, 0.25) is 0 Å². The average molecular weight is 275 g/mol. The minimum atomic E-state index is -0.313. The molecule has 1 fully saturated rings. The van der Waals surface area contributed by atoms with Gasteiger partial charge < -0.3 is 9.84 Å². The summed E-state index contributed by atoms with van der Waals surface area (Å²) in [6, 6.07) is 4.35. The predicted molar refractivity (Wildman–Crippen MR) is 58.4 cm³/mol. The zero-order valence-electron chi connectivity index (χ0n) is 8.12. The monoisotopic (exact) mass is 274 g/mol. The normalized spacial score (nSPS) is 25.5. The van der Waals surface area contributed by atoms with Crippen LogP contribution in [-0.2, 0) is 0 Å². The second kappa shape index (κ2) is 4.49. The summed E-state index contributed by atoms with van der Waals surface area (Å²) in [5.41, 5.74) is 0. The van der Waals surface area contributed by atoms with Crippen LogP contribution in [0.3, 0.4) is 0 Å². The van der Waals surface area contributed by atoms with Crippen molar-refractivity contribution >= 4 is 15.9 Å². The molecule has 0 saturated heterocycles. The van der Waals surface area contributed by atoms with E-state index in [1.54, 1.807) is 6.07 Å². The van der Waals surface area contributed by atoms with Gasteiger partial charge in [-0.1, -0.05) is 0 Å². The van der Waals surface area contributed by atoms with Gasteiger partial charge in [0, 0.05) is 12.5 Å². The van der Waals surface area contributed by atoms with E-state index < -0.39 is 0 Å². The molecule has 0 amide bonds. The maximum Gasteiger partial charge on any atom is 0.136 e. The molecule has 0 aromatic heterocycles. The Bertz CT molecular complexity index is 356. The summed E-state index contributed by atoms with van der Waals surface area (Å²) in [6.07, 6.45) is 1.94. The van der Waals surface area contributed by atoms with E-state index in [-0.39, 0.29) is 18.0 Å². The fourth-order valence-corrected chi connectivity index (χ4v) is 2.11. The van der Waals surface area contributed by atoms with E-state index in [9.17, 15) is 9.50 Å². The Labute approximate surface area is 96.2 Å².